The third kappa shape index (κ3) is 2.66. The lowest BCUT2D eigenvalue weighted by Crippen LogP contribution is -2.86. The normalized spacial score (nSPS) is 50.1. The third-order valence-corrected chi connectivity index (χ3v) is 8.18. The highest BCUT2D eigenvalue weighted by atomic mass is 16.6. The lowest BCUT2D eigenvalue weighted by atomic mass is 9.40. The van der Waals surface area contributed by atoms with Crippen LogP contribution in [0.25, 0.3) is 0 Å². The molecule has 8 nitrogen and oxygen atoms in total. The first-order valence-electron chi connectivity index (χ1n) is 10.5. The summed E-state index contributed by atoms with van der Waals surface area (Å²) in [5, 5.41) is 37.2. The van der Waals surface area contributed by atoms with Crippen molar-refractivity contribution in [3.63, 3.8) is 0 Å². The number of hydrogen-bond acceptors (Lipinski definition) is 7. The number of hydrogen-bond donors (Lipinski definition) is 4. The highest BCUT2D eigenvalue weighted by molar-refractivity contribution is 5.92. The van der Waals surface area contributed by atoms with Crippen LogP contribution in [0.2, 0.25) is 0 Å². The maximum absolute atomic E-state index is 13.6. The molecule has 1 heterocycles. The summed E-state index contributed by atoms with van der Waals surface area (Å²) >= 11 is 0. The summed E-state index contributed by atoms with van der Waals surface area (Å²) in [5.41, 5.74) is -7.16. The molecule has 2 aliphatic carbocycles. The van der Waals surface area contributed by atoms with Crippen LogP contribution in [0.5, 0.6) is 0 Å². The number of Topliss-reactive ketones (excluding diaryl/α,β-unsaturated/α-hetero) is 1. The minimum absolute atomic E-state index is 0.147. The predicted molar refractivity (Wildman–Crippen MR) is 109 cm³/mol. The molecule has 1 aliphatic heterocycles. The van der Waals surface area contributed by atoms with Crippen LogP contribution in [0.15, 0.2) is 12.7 Å². The van der Waals surface area contributed by atoms with Crippen molar-refractivity contribution in [3.8, 4) is 0 Å². The second-order valence-corrected chi connectivity index (χ2v) is 10.4. The molecule has 1 amide bonds. The molecule has 3 aliphatic rings. The van der Waals surface area contributed by atoms with Crippen LogP contribution >= 0.6 is 0 Å². The first-order chi connectivity index (χ1) is 13.6. The summed E-state index contributed by atoms with van der Waals surface area (Å²) in [6, 6.07) is 0. The van der Waals surface area contributed by atoms with E-state index in [0.717, 1.165) is 0 Å². The number of rotatable bonds is 2. The maximum atomic E-state index is 13.6. The number of amides is 1. The Balaban J connectivity index is 2.30. The fraction of sp³-hybridized carbons (Fsp3) is 0.818. The van der Waals surface area contributed by atoms with Gasteiger partial charge in [-0.1, -0.05) is 26.8 Å². The SMILES string of the molecule is C=C[C@@]1(C)CC(=O)[C@]2(O)[C@@]3(C)[C@@H](O)CCC(C)(C)[C@@H]3C(OC(=O)NC)[C@H](O)[C@@]2(C)O1. The zero-order valence-corrected chi connectivity index (χ0v) is 18.7. The van der Waals surface area contributed by atoms with E-state index in [1.54, 1.807) is 13.8 Å². The van der Waals surface area contributed by atoms with E-state index in [2.05, 4.69) is 11.9 Å². The number of nitrogens with one attached hydrogen (secondary N) is 1. The van der Waals surface area contributed by atoms with Gasteiger partial charge < -0.3 is 30.1 Å². The Hall–Kier alpha value is -1.48. The van der Waals surface area contributed by atoms with E-state index >= 15 is 0 Å². The van der Waals surface area contributed by atoms with Crippen molar-refractivity contribution in [2.75, 3.05) is 7.05 Å². The molecule has 4 N–H and O–H groups in total. The van der Waals surface area contributed by atoms with Gasteiger partial charge in [0, 0.05) is 24.8 Å². The monoisotopic (exact) mass is 425 g/mol. The largest absolute Gasteiger partial charge is 0.443 e. The van der Waals surface area contributed by atoms with E-state index in [1.807, 2.05) is 13.8 Å². The molecule has 1 unspecified atom stereocenters. The number of carbonyl (C=O) groups is 2. The zero-order chi connectivity index (χ0) is 22.9. The molecule has 3 rings (SSSR count). The number of carbonyl (C=O) groups excluding carboxylic acids is 2. The standard InChI is InChI=1S/C22H35NO7/c1-8-19(4)11-13(25)22(28)20(5)12(24)9-10-18(2,3)15(20)14(29-17(27)23-7)16(26)21(22,6)30-19/h8,12,14-16,24,26,28H,1,9-11H2,2-7H3,(H,23,27)/t12-,14?,15-,16-,19-,20-,21+,22-/m0/s1. The van der Waals surface area contributed by atoms with Crippen molar-refractivity contribution in [2.24, 2.45) is 16.7 Å². The molecule has 8 heteroatoms. The van der Waals surface area contributed by atoms with Crippen LogP contribution in [0.1, 0.15) is 53.9 Å². The topological polar surface area (TPSA) is 125 Å². The van der Waals surface area contributed by atoms with Crippen molar-refractivity contribution >= 4 is 11.9 Å². The molecule has 0 aromatic heterocycles. The van der Waals surface area contributed by atoms with E-state index in [-0.39, 0.29) is 6.42 Å². The number of fused-ring (bicyclic) bond motifs is 3. The second-order valence-electron chi connectivity index (χ2n) is 10.4. The van der Waals surface area contributed by atoms with Crippen molar-refractivity contribution < 1.29 is 34.4 Å². The molecule has 1 saturated heterocycles. The molecule has 8 atom stereocenters. The van der Waals surface area contributed by atoms with Gasteiger partial charge in [-0.2, -0.15) is 0 Å². The van der Waals surface area contributed by atoms with Gasteiger partial charge in [0.2, 0.25) is 0 Å². The van der Waals surface area contributed by atoms with Gasteiger partial charge in [-0.25, -0.2) is 4.79 Å². The molecule has 0 bridgehead atoms. The van der Waals surface area contributed by atoms with Crippen molar-refractivity contribution in [1.82, 2.24) is 5.32 Å². The Bertz CT molecular complexity index is 769. The third-order valence-electron chi connectivity index (χ3n) is 8.18. The van der Waals surface area contributed by atoms with Crippen molar-refractivity contribution in [3.05, 3.63) is 12.7 Å². The Morgan fingerprint density at radius 3 is 2.40 bits per heavy atom. The van der Waals surface area contributed by atoms with E-state index in [1.165, 1.54) is 20.0 Å². The van der Waals surface area contributed by atoms with Gasteiger partial charge in [-0.05, 0) is 32.1 Å². The van der Waals surface area contributed by atoms with Crippen LogP contribution in [0.3, 0.4) is 0 Å². The van der Waals surface area contributed by atoms with Gasteiger partial charge in [0.25, 0.3) is 0 Å². The van der Waals surface area contributed by atoms with Crippen LogP contribution in [-0.2, 0) is 14.3 Å². The molecule has 2 saturated carbocycles. The van der Waals surface area contributed by atoms with E-state index < -0.39 is 63.7 Å². The van der Waals surface area contributed by atoms with E-state index in [9.17, 15) is 24.9 Å². The number of aliphatic hydroxyl groups excluding tert-OH is 2. The van der Waals surface area contributed by atoms with Crippen LogP contribution < -0.4 is 5.32 Å². The van der Waals surface area contributed by atoms with Crippen LogP contribution in [0, 0.1) is 16.7 Å². The maximum Gasteiger partial charge on any atom is 0.407 e. The van der Waals surface area contributed by atoms with Crippen molar-refractivity contribution in [1.29, 1.82) is 0 Å². The Kier molecular flexibility index (Phi) is 5.22. The Morgan fingerprint density at radius 1 is 1.27 bits per heavy atom. The van der Waals surface area contributed by atoms with Gasteiger partial charge in [0.05, 0.1) is 11.7 Å². The fourth-order valence-electron chi connectivity index (χ4n) is 6.59. The Morgan fingerprint density at radius 2 is 1.87 bits per heavy atom. The van der Waals surface area contributed by atoms with Gasteiger partial charge in [-0.3, -0.25) is 4.79 Å². The number of ether oxygens (including phenoxy) is 2. The summed E-state index contributed by atoms with van der Waals surface area (Å²) in [7, 11) is 1.41. The first kappa shape index (κ1) is 23.2. The smallest absolute Gasteiger partial charge is 0.407 e. The van der Waals surface area contributed by atoms with Gasteiger partial charge >= 0.3 is 6.09 Å². The van der Waals surface area contributed by atoms with Gasteiger partial charge in [0.15, 0.2) is 11.4 Å². The molecule has 0 radical (unpaired) electrons. The van der Waals surface area contributed by atoms with Crippen LogP contribution in [-0.4, -0.2) is 69.4 Å². The number of alkyl carbamates (subject to hydrolysis) is 1. The molecular weight excluding hydrogens is 390 g/mol. The summed E-state index contributed by atoms with van der Waals surface area (Å²) in [5.74, 6) is -1.24. The lowest BCUT2D eigenvalue weighted by Gasteiger charge is -2.71. The molecule has 0 aromatic rings. The predicted octanol–water partition coefficient (Wildman–Crippen LogP) is 1.31. The molecule has 0 spiro atoms. The Labute approximate surface area is 177 Å². The summed E-state index contributed by atoms with van der Waals surface area (Å²) < 4.78 is 11.8. The van der Waals surface area contributed by atoms with Crippen molar-refractivity contribution in [2.45, 2.75) is 89.0 Å². The average molecular weight is 426 g/mol. The summed E-state index contributed by atoms with van der Waals surface area (Å²) in [6.07, 6.45) is -2.22. The summed E-state index contributed by atoms with van der Waals surface area (Å²) in [4.78, 5) is 25.8. The van der Waals surface area contributed by atoms with E-state index in [4.69, 9.17) is 9.47 Å². The average Bonchev–Trinajstić information content (AvgIpc) is 2.66. The molecular formula is C22H35NO7. The van der Waals surface area contributed by atoms with Gasteiger partial charge in [0.1, 0.15) is 17.8 Å². The number of aliphatic hydroxyl groups is 3. The second kappa shape index (κ2) is 6.76. The zero-order valence-electron chi connectivity index (χ0n) is 18.7. The molecule has 30 heavy (non-hydrogen) atoms. The fourth-order valence-corrected chi connectivity index (χ4v) is 6.59. The summed E-state index contributed by atoms with van der Waals surface area (Å²) in [6.45, 7) is 12.4. The molecule has 0 aromatic carbocycles. The quantitative estimate of drug-likeness (QED) is 0.492. The van der Waals surface area contributed by atoms with Gasteiger partial charge in [-0.15, -0.1) is 6.58 Å². The molecule has 3 fully saturated rings. The van der Waals surface area contributed by atoms with E-state index in [0.29, 0.717) is 12.8 Å². The first-order valence-corrected chi connectivity index (χ1v) is 10.5. The highest BCUT2D eigenvalue weighted by Crippen LogP contribution is 2.67. The lowest BCUT2D eigenvalue weighted by molar-refractivity contribution is -0.369. The van der Waals surface area contributed by atoms with Crippen LogP contribution in [0.4, 0.5) is 4.79 Å². The highest BCUT2D eigenvalue weighted by Gasteiger charge is 2.81. The minimum atomic E-state index is -2.20. The minimum Gasteiger partial charge on any atom is -0.443 e. The number of ketones is 1. The molecule has 170 valence electrons.